The number of esters is 1. The van der Waals surface area contributed by atoms with Gasteiger partial charge in [0, 0.05) is 18.9 Å². The third kappa shape index (κ3) is 16.0. The molecule has 15 heteroatoms. The molecule has 2 heterocycles. The van der Waals surface area contributed by atoms with Crippen molar-refractivity contribution in [1.82, 2.24) is 21.3 Å². The first-order valence-corrected chi connectivity index (χ1v) is 23.7. The maximum absolute atomic E-state index is 14.5. The molecule has 366 valence electrons. The van der Waals surface area contributed by atoms with Crippen LogP contribution in [0.2, 0.25) is 0 Å². The highest BCUT2D eigenvalue weighted by Gasteiger charge is 2.50. The number of ketones is 1. The number of Topliss-reactive ketones (excluding diaryl/α,β-unsaturated/α-hetero) is 1. The largest absolute Gasteiger partial charge is 0.477 e. The van der Waals surface area contributed by atoms with Crippen LogP contribution in [0.25, 0.3) is 0 Å². The molecule has 68 heavy (non-hydrogen) atoms. The van der Waals surface area contributed by atoms with Gasteiger partial charge in [0.25, 0.3) is 5.91 Å². The summed E-state index contributed by atoms with van der Waals surface area (Å²) in [5, 5.41) is 11.8. The fourth-order valence-electron chi connectivity index (χ4n) is 8.57. The molecule has 4 amide bonds. The summed E-state index contributed by atoms with van der Waals surface area (Å²) < 4.78 is 22.8. The molecule has 5 atom stereocenters. The van der Waals surface area contributed by atoms with E-state index in [-0.39, 0.29) is 68.3 Å². The Kier molecular flexibility index (Phi) is 19.3. The van der Waals surface area contributed by atoms with Gasteiger partial charge in [0.2, 0.25) is 17.7 Å². The molecule has 0 bridgehead atoms. The van der Waals surface area contributed by atoms with Crippen LogP contribution in [-0.4, -0.2) is 116 Å². The Hall–Kier alpha value is -6.08. The number of nitrogens with zero attached hydrogens (tertiary/aromatic N) is 1. The smallest absolute Gasteiger partial charge is 0.308 e. The van der Waals surface area contributed by atoms with Crippen LogP contribution >= 0.6 is 0 Å². The molecule has 0 spiro atoms. The summed E-state index contributed by atoms with van der Waals surface area (Å²) in [6.07, 6.45) is 6.95. The molecule has 2 fully saturated rings. The molecule has 3 aromatic carbocycles. The van der Waals surface area contributed by atoms with Crippen molar-refractivity contribution >= 4 is 35.4 Å². The average Bonchev–Trinajstić information content (AvgIpc) is 4.05. The van der Waals surface area contributed by atoms with E-state index in [1.807, 2.05) is 94.4 Å². The molecule has 0 unspecified atom stereocenters. The number of carbonyl (C=O) groups excluding carboxylic acids is 6. The lowest BCUT2D eigenvalue weighted by molar-refractivity contribution is -0.940. The van der Waals surface area contributed by atoms with Gasteiger partial charge >= 0.3 is 5.97 Å². The van der Waals surface area contributed by atoms with Crippen molar-refractivity contribution in [3.8, 4) is 23.8 Å². The molecule has 0 saturated carbocycles. The van der Waals surface area contributed by atoms with Crippen LogP contribution in [0.15, 0.2) is 72.8 Å². The summed E-state index contributed by atoms with van der Waals surface area (Å²) in [5.41, 5.74) is 2.28. The fourth-order valence-corrected chi connectivity index (χ4v) is 8.57. The predicted octanol–water partition coefficient (Wildman–Crippen LogP) is 4.54. The first kappa shape index (κ1) is 52.9. The molecule has 0 radical (unpaired) electrons. The predicted molar refractivity (Wildman–Crippen MR) is 257 cm³/mol. The van der Waals surface area contributed by atoms with E-state index in [0.29, 0.717) is 61.5 Å². The lowest BCUT2D eigenvalue weighted by atomic mass is 9.93. The molecule has 2 saturated heterocycles. The number of amides is 4. The lowest BCUT2D eigenvalue weighted by Gasteiger charge is -2.41. The SMILES string of the molecule is C#CCOc1cc(C[N+]2(CC(=O)N[C@@H](CCc3ccccc3)C(=O)N[C@@H](CC(C)C)C(=O)N[C@@H](Cc3ccccc3)C(=O)N[C@@H](CC(C)C)C(=O)[C@@]3(C)CO3)CCOCC2)cc(C)c1OC(C)=O. The van der Waals surface area contributed by atoms with Gasteiger partial charge in [0.15, 0.2) is 23.8 Å². The minimum atomic E-state index is -1.09. The molecule has 2 aliphatic heterocycles. The van der Waals surface area contributed by atoms with Crippen LogP contribution in [0.5, 0.6) is 11.5 Å². The summed E-state index contributed by atoms with van der Waals surface area (Å²) >= 11 is 0. The summed E-state index contributed by atoms with van der Waals surface area (Å²) in [4.78, 5) is 82.9. The van der Waals surface area contributed by atoms with Crippen LogP contribution < -0.4 is 30.7 Å². The van der Waals surface area contributed by atoms with Gasteiger partial charge in [-0.25, -0.2) is 0 Å². The normalized spacial score (nSPS) is 17.9. The zero-order valence-corrected chi connectivity index (χ0v) is 40.7. The first-order chi connectivity index (χ1) is 32.4. The van der Waals surface area contributed by atoms with Gasteiger partial charge < -0.3 is 44.7 Å². The third-order valence-corrected chi connectivity index (χ3v) is 12.2. The molecule has 2 aliphatic rings. The highest BCUT2D eigenvalue weighted by molar-refractivity contribution is 5.99. The second-order valence-electron chi connectivity index (χ2n) is 19.2. The number of carbonyl (C=O) groups is 6. The average molecular weight is 937 g/mol. The number of rotatable bonds is 25. The van der Waals surface area contributed by atoms with Crippen LogP contribution in [-0.2, 0) is 57.6 Å². The Bertz CT molecular complexity index is 2250. The second kappa shape index (κ2) is 24.8. The Morgan fingerprint density at radius 2 is 1.32 bits per heavy atom. The van der Waals surface area contributed by atoms with Gasteiger partial charge in [-0.2, -0.15) is 0 Å². The van der Waals surface area contributed by atoms with E-state index in [4.69, 9.17) is 25.4 Å². The monoisotopic (exact) mass is 937 g/mol. The zero-order chi connectivity index (χ0) is 49.4. The second-order valence-corrected chi connectivity index (χ2v) is 19.2. The van der Waals surface area contributed by atoms with Gasteiger partial charge in [-0.3, -0.25) is 28.8 Å². The summed E-state index contributed by atoms with van der Waals surface area (Å²) in [6.45, 7) is 15.1. The van der Waals surface area contributed by atoms with Crippen molar-refractivity contribution in [1.29, 1.82) is 0 Å². The Labute approximate surface area is 401 Å². The van der Waals surface area contributed by atoms with Crippen LogP contribution in [0, 0.1) is 31.1 Å². The first-order valence-electron chi connectivity index (χ1n) is 23.7. The van der Waals surface area contributed by atoms with Gasteiger partial charge in [-0.1, -0.05) is 94.3 Å². The van der Waals surface area contributed by atoms with Crippen LogP contribution in [0.1, 0.15) is 83.1 Å². The number of morpholine rings is 1. The van der Waals surface area contributed by atoms with Crippen LogP contribution in [0.3, 0.4) is 0 Å². The van der Waals surface area contributed by atoms with E-state index >= 15 is 0 Å². The van der Waals surface area contributed by atoms with Crippen molar-refractivity contribution in [3.63, 3.8) is 0 Å². The van der Waals surface area contributed by atoms with Gasteiger partial charge in [0.1, 0.15) is 50.0 Å². The van der Waals surface area contributed by atoms with E-state index < -0.39 is 53.5 Å². The van der Waals surface area contributed by atoms with Gasteiger partial charge in [0.05, 0.1) is 25.9 Å². The molecule has 0 aliphatic carbocycles. The molecule has 15 nitrogen and oxygen atoms in total. The van der Waals surface area contributed by atoms with E-state index in [1.165, 1.54) is 6.92 Å². The van der Waals surface area contributed by atoms with Crippen LogP contribution in [0.4, 0.5) is 0 Å². The molecule has 3 aromatic rings. The van der Waals surface area contributed by atoms with Crippen molar-refractivity contribution in [3.05, 3.63) is 95.1 Å². The Morgan fingerprint density at radius 3 is 1.91 bits per heavy atom. The highest BCUT2D eigenvalue weighted by Crippen LogP contribution is 2.35. The number of hydrogen-bond donors (Lipinski definition) is 4. The van der Waals surface area contributed by atoms with Crippen molar-refractivity contribution in [2.75, 3.05) is 46.1 Å². The number of benzene rings is 3. The highest BCUT2D eigenvalue weighted by atomic mass is 16.6. The fraction of sp³-hybridized carbons (Fsp3) is 0.509. The third-order valence-electron chi connectivity index (χ3n) is 12.2. The number of aryl methyl sites for hydroxylation is 2. The van der Waals surface area contributed by atoms with Gasteiger partial charge in [-0.05, 0) is 80.2 Å². The maximum atomic E-state index is 14.5. The minimum absolute atomic E-state index is 0.0154. The van der Waals surface area contributed by atoms with Gasteiger partial charge in [-0.15, -0.1) is 6.42 Å². The van der Waals surface area contributed by atoms with Crippen molar-refractivity contribution in [2.24, 2.45) is 11.8 Å². The summed E-state index contributed by atoms with van der Waals surface area (Å²) in [5.74, 6) is 0.345. The van der Waals surface area contributed by atoms with Crippen molar-refractivity contribution < 1.29 is 52.2 Å². The molecular formula is C53H70N5O10+. The van der Waals surface area contributed by atoms with E-state index in [9.17, 15) is 28.8 Å². The topological polar surface area (TPSA) is 191 Å². The number of quaternary nitrogens is 1. The minimum Gasteiger partial charge on any atom is -0.477 e. The Balaban J connectivity index is 1.38. The summed E-state index contributed by atoms with van der Waals surface area (Å²) in [6, 6.07) is 18.5. The number of ether oxygens (including phenoxy) is 4. The maximum Gasteiger partial charge on any atom is 0.308 e. The van der Waals surface area contributed by atoms with E-state index in [1.54, 1.807) is 19.9 Å². The van der Waals surface area contributed by atoms with E-state index in [2.05, 4.69) is 27.2 Å². The molecule has 5 rings (SSSR count). The van der Waals surface area contributed by atoms with Crippen molar-refractivity contribution in [2.45, 2.75) is 117 Å². The zero-order valence-electron chi connectivity index (χ0n) is 40.7. The Morgan fingerprint density at radius 1 is 0.765 bits per heavy atom. The number of terminal acetylenes is 1. The number of nitrogens with one attached hydrogen (secondary N) is 4. The lowest BCUT2D eigenvalue weighted by Crippen LogP contribution is -2.61. The number of hydrogen-bond acceptors (Lipinski definition) is 10. The number of epoxide rings is 1. The summed E-state index contributed by atoms with van der Waals surface area (Å²) in [7, 11) is 0. The molecular weight excluding hydrogens is 867 g/mol. The quantitative estimate of drug-likeness (QED) is 0.0309. The molecule has 4 N–H and O–H groups in total. The van der Waals surface area contributed by atoms with E-state index in [0.717, 1.165) is 16.7 Å². The standard InChI is InChI=1S/C53H69N5O10/c1-9-24-66-46-31-41(29-37(6)48(46)68-38(7)59)32-58(22-25-65-26-23-58)33-47(60)54-42(21-20-39-16-12-10-13-17-39)50(62)56-44(28-36(4)5)51(63)57-45(30-40-18-14-11-15-19-40)52(64)55-43(27-35(2)3)49(61)53(8)34-67-53/h1,10-19,29,31,35-36,42-45H,20-28,30,32-34H2,2-8H3,(H3-,54,55,56,57,60,62,63,64)/p+1/t42-,43-,44-,45-,53+/m0/s1. The molecule has 0 aromatic heterocycles.